The molecule has 0 aliphatic carbocycles. The average Bonchev–Trinajstić information content (AvgIpc) is 2.37. The molecule has 0 radical (unpaired) electrons. The minimum atomic E-state index is -0.346. The van der Waals surface area contributed by atoms with E-state index in [1.807, 2.05) is 6.92 Å². The van der Waals surface area contributed by atoms with E-state index < -0.39 is 0 Å². The molecular weight excluding hydrogens is 243 g/mol. The van der Waals surface area contributed by atoms with Crippen molar-refractivity contribution in [1.29, 1.82) is 0 Å². The molecule has 3 N–H and O–H groups in total. The number of nitrogens with one attached hydrogen (secondary N) is 1. The number of anilines is 2. The number of hydrogen-bond donors (Lipinski definition) is 2. The van der Waals surface area contributed by atoms with Crippen molar-refractivity contribution in [3.63, 3.8) is 0 Å². The second-order valence-electron chi connectivity index (χ2n) is 4.49. The van der Waals surface area contributed by atoms with Gasteiger partial charge in [-0.15, -0.1) is 0 Å². The summed E-state index contributed by atoms with van der Waals surface area (Å²) in [6, 6.07) is 9.65. The number of nitrogen functional groups attached to an aromatic ring is 1. The number of amides is 1. The topological polar surface area (TPSA) is 55.1 Å². The number of halogens is 1. The highest BCUT2D eigenvalue weighted by molar-refractivity contribution is 6.04. The van der Waals surface area contributed by atoms with Crippen LogP contribution in [-0.4, -0.2) is 5.91 Å². The Morgan fingerprint density at radius 2 is 1.79 bits per heavy atom. The van der Waals surface area contributed by atoms with Crippen molar-refractivity contribution in [1.82, 2.24) is 0 Å². The van der Waals surface area contributed by atoms with E-state index >= 15 is 0 Å². The minimum absolute atomic E-state index is 0.310. The smallest absolute Gasteiger partial charge is 0.255 e. The SMILES string of the molecule is Cc1ccc(C(=O)Nc2ccc(C)c(F)c2)cc1N. The number of rotatable bonds is 2. The van der Waals surface area contributed by atoms with Gasteiger partial charge in [0.15, 0.2) is 0 Å². The Hall–Kier alpha value is -2.36. The molecule has 0 unspecified atom stereocenters. The Bertz CT molecular complexity index is 638. The Morgan fingerprint density at radius 3 is 2.42 bits per heavy atom. The molecule has 2 rings (SSSR count). The summed E-state index contributed by atoms with van der Waals surface area (Å²) in [5, 5.41) is 2.64. The molecule has 2 aromatic carbocycles. The molecule has 3 nitrogen and oxygen atoms in total. The maximum absolute atomic E-state index is 13.4. The normalized spacial score (nSPS) is 10.3. The molecular formula is C15H15FN2O. The van der Waals surface area contributed by atoms with E-state index in [2.05, 4.69) is 5.32 Å². The maximum atomic E-state index is 13.4. The van der Waals surface area contributed by atoms with E-state index in [0.29, 0.717) is 22.5 Å². The summed E-state index contributed by atoms with van der Waals surface area (Å²) >= 11 is 0. The van der Waals surface area contributed by atoms with Gasteiger partial charge in [-0.05, 0) is 49.2 Å². The van der Waals surface area contributed by atoms with Gasteiger partial charge in [-0.1, -0.05) is 12.1 Å². The van der Waals surface area contributed by atoms with Crippen molar-refractivity contribution >= 4 is 17.3 Å². The molecule has 0 aromatic heterocycles. The van der Waals surface area contributed by atoms with Crippen molar-refractivity contribution < 1.29 is 9.18 Å². The molecule has 0 aliphatic heterocycles. The highest BCUT2D eigenvalue weighted by Crippen LogP contribution is 2.17. The fourth-order valence-corrected chi connectivity index (χ4v) is 1.66. The predicted molar refractivity (Wildman–Crippen MR) is 74.7 cm³/mol. The summed E-state index contributed by atoms with van der Waals surface area (Å²) in [5.41, 5.74) is 8.64. The van der Waals surface area contributed by atoms with E-state index in [1.165, 1.54) is 6.07 Å². The number of carbonyl (C=O) groups excluding carboxylic acids is 1. The van der Waals surface area contributed by atoms with Gasteiger partial charge in [0.2, 0.25) is 0 Å². The van der Waals surface area contributed by atoms with Gasteiger partial charge in [-0.25, -0.2) is 4.39 Å². The fourth-order valence-electron chi connectivity index (χ4n) is 1.66. The lowest BCUT2D eigenvalue weighted by atomic mass is 10.1. The van der Waals surface area contributed by atoms with Crippen LogP contribution in [0.3, 0.4) is 0 Å². The minimum Gasteiger partial charge on any atom is -0.398 e. The van der Waals surface area contributed by atoms with Gasteiger partial charge < -0.3 is 11.1 Å². The third kappa shape index (κ3) is 2.91. The highest BCUT2D eigenvalue weighted by Gasteiger charge is 2.08. The van der Waals surface area contributed by atoms with Crippen molar-refractivity contribution in [2.24, 2.45) is 0 Å². The molecule has 0 aliphatic rings. The molecule has 0 atom stereocenters. The summed E-state index contributed by atoms with van der Waals surface area (Å²) in [6.45, 7) is 3.54. The Balaban J connectivity index is 2.20. The zero-order valence-corrected chi connectivity index (χ0v) is 10.8. The highest BCUT2D eigenvalue weighted by atomic mass is 19.1. The molecule has 0 heterocycles. The van der Waals surface area contributed by atoms with Crippen LogP contribution in [0, 0.1) is 19.7 Å². The molecule has 0 spiro atoms. The first-order chi connectivity index (χ1) is 8.97. The largest absolute Gasteiger partial charge is 0.398 e. The first-order valence-electron chi connectivity index (χ1n) is 5.91. The third-order valence-electron chi connectivity index (χ3n) is 2.97. The van der Waals surface area contributed by atoms with Crippen molar-refractivity contribution in [2.75, 3.05) is 11.1 Å². The second kappa shape index (κ2) is 5.10. The van der Waals surface area contributed by atoms with Crippen LogP contribution in [0.1, 0.15) is 21.5 Å². The quantitative estimate of drug-likeness (QED) is 0.812. The van der Waals surface area contributed by atoms with Crippen LogP contribution < -0.4 is 11.1 Å². The van der Waals surface area contributed by atoms with Crippen LogP contribution in [0.25, 0.3) is 0 Å². The van der Waals surface area contributed by atoms with Crippen LogP contribution in [0.5, 0.6) is 0 Å². The van der Waals surface area contributed by atoms with Crippen molar-refractivity contribution in [3.8, 4) is 0 Å². The lowest BCUT2D eigenvalue weighted by Crippen LogP contribution is -2.12. The van der Waals surface area contributed by atoms with E-state index in [-0.39, 0.29) is 11.7 Å². The van der Waals surface area contributed by atoms with Crippen molar-refractivity contribution in [2.45, 2.75) is 13.8 Å². The van der Waals surface area contributed by atoms with Crippen LogP contribution in [0.15, 0.2) is 36.4 Å². The van der Waals surface area contributed by atoms with Gasteiger partial charge in [0.25, 0.3) is 5.91 Å². The van der Waals surface area contributed by atoms with E-state index in [4.69, 9.17) is 5.73 Å². The zero-order chi connectivity index (χ0) is 14.0. The first kappa shape index (κ1) is 13.1. The van der Waals surface area contributed by atoms with Crippen LogP contribution in [-0.2, 0) is 0 Å². The molecule has 0 saturated heterocycles. The van der Waals surface area contributed by atoms with Gasteiger partial charge in [0.05, 0.1) is 0 Å². The summed E-state index contributed by atoms with van der Waals surface area (Å²) in [7, 11) is 0. The zero-order valence-electron chi connectivity index (χ0n) is 10.8. The summed E-state index contributed by atoms with van der Waals surface area (Å²) in [4.78, 5) is 12.0. The van der Waals surface area contributed by atoms with Crippen LogP contribution in [0.4, 0.5) is 15.8 Å². The molecule has 0 saturated carbocycles. The molecule has 1 amide bonds. The summed E-state index contributed by atoms with van der Waals surface area (Å²) in [6.07, 6.45) is 0. The van der Waals surface area contributed by atoms with Gasteiger partial charge in [0, 0.05) is 16.9 Å². The van der Waals surface area contributed by atoms with Gasteiger partial charge in [-0.2, -0.15) is 0 Å². The Labute approximate surface area is 111 Å². The van der Waals surface area contributed by atoms with Gasteiger partial charge in [0.1, 0.15) is 5.82 Å². The number of carbonyl (C=O) groups is 1. The van der Waals surface area contributed by atoms with E-state index in [9.17, 15) is 9.18 Å². The number of benzene rings is 2. The molecule has 19 heavy (non-hydrogen) atoms. The first-order valence-corrected chi connectivity index (χ1v) is 5.91. The van der Waals surface area contributed by atoms with Crippen LogP contribution in [0.2, 0.25) is 0 Å². The summed E-state index contributed by atoms with van der Waals surface area (Å²) in [5.74, 6) is -0.656. The lowest BCUT2D eigenvalue weighted by molar-refractivity contribution is 0.102. The third-order valence-corrected chi connectivity index (χ3v) is 2.97. The monoisotopic (exact) mass is 258 g/mol. The number of aryl methyl sites for hydroxylation is 2. The van der Waals surface area contributed by atoms with E-state index in [0.717, 1.165) is 5.56 Å². The van der Waals surface area contributed by atoms with Gasteiger partial charge in [-0.3, -0.25) is 4.79 Å². The number of hydrogen-bond acceptors (Lipinski definition) is 2. The standard InChI is InChI=1S/C15H15FN2O/c1-9-4-6-12(8-13(9)16)18-15(19)11-5-3-10(2)14(17)7-11/h3-8H,17H2,1-2H3,(H,18,19). The molecule has 4 heteroatoms. The predicted octanol–water partition coefficient (Wildman–Crippen LogP) is 3.28. The second-order valence-corrected chi connectivity index (χ2v) is 4.49. The molecule has 0 bridgehead atoms. The Kier molecular flexibility index (Phi) is 3.51. The van der Waals surface area contributed by atoms with Gasteiger partial charge >= 0.3 is 0 Å². The molecule has 2 aromatic rings. The molecule has 0 fully saturated rings. The maximum Gasteiger partial charge on any atom is 0.255 e. The lowest BCUT2D eigenvalue weighted by Gasteiger charge is -2.08. The summed E-state index contributed by atoms with van der Waals surface area (Å²) < 4.78 is 13.4. The number of nitrogens with two attached hydrogens (primary N) is 1. The van der Waals surface area contributed by atoms with E-state index in [1.54, 1.807) is 37.3 Å². The average molecular weight is 258 g/mol. The van der Waals surface area contributed by atoms with Crippen LogP contribution >= 0.6 is 0 Å². The van der Waals surface area contributed by atoms with Crippen molar-refractivity contribution in [3.05, 3.63) is 58.9 Å². The Morgan fingerprint density at radius 1 is 1.11 bits per heavy atom. The molecule has 98 valence electrons. The fraction of sp³-hybridized carbons (Fsp3) is 0.133.